The second kappa shape index (κ2) is 12.5. The molecule has 2 aromatic carbocycles. The molecule has 39 heavy (non-hydrogen) atoms. The first-order valence-electron chi connectivity index (χ1n) is 13.9. The van der Waals surface area contributed by atoms with Crippen molar-refractivity contribution in [2.24, 2.45) is 11.8 Å². The highest BCUT2D eigenvalue weighted by Crippen LogP contribution is 2.38. The monoisotopic (exact) mass is 541 g/mol. The molecule has 1 atom stereocenters. The minimum absolute atomic E-state index is 0.0218. The highest BCUT2D eigenvalue weighted by Gasteiger charge is 2.48. The molecule has 2 amide bonds. The number of alkyl halides is 2. The van der Waals surface area contributed by atoms with E-state index in [2.05, 4.69) is 15.7 Å². The molecule has 0 bridgehead atoms. The molecule has 4 rings (SSSR count). The van der Waals surface area contributed by atoms with Gasteiger partial charge in [-0.25, -0.2) is 0 Å². The van der Waals surface area contributed by atoms with Gasteiger partial charge in [-0.1, -0.05) is 30.3 Å². The number of carbonyl (C=O) groups is 2. The number of benzene rings is 2. The van der Waals surface area contributed by atoms with E-state index in [0.29, 0.717) is 24.9 Å². The molecule has 8 heteroatoms. The summed E-state index contributed by atoms with van der Waals surface area (Å²) in [6, 6.07) is 14.3. The van der Waals surface area contributed by atoms with Crippen molar-refractivity contribution < 1.29 is 23.1 Å². The Bertz CT molecular complexity index is 1130. The Morgan fingerprint density at radius 1 is 0.974 bits per heavy atom. The molecule has 0 aliphatic carbocycles. The minimum Gasteiger partial charge on any atom is -0.372 e. The molecule has 2 aromatic rings. The van der Waals surface area contributed by atoms with E-state index in [1.807, 2.05) is 19.1 Å². The van der Waals surface area contributed by atoms with Crippen molar-refractivity contribution in [3.05, 3.63) is 65.2 Å². The number of hydrogen-bond donors (Lipinski definition) is 0. The molecule has 1 unspecified atom stereocenters. The van der Waals surface area contributed by atoms with Gasteiger partial charge in [0.15, 0.2) is 5.92 Å². The third kappa shape index (κ3) is 6.78. The summed E-state index contributed by atoms with van der Waals surface area (Å²) in [5, 5.41) is 0. The Morgan fingerprint density at radius 3 is 2.10 bits per heavy atom. The van der Waals surface area contributed by atoms with Crippen LogP contribution in [0.4, 0.5) is 14.5 Å². The molecule has 0 N–H and O–H groups in total. The van der Waals surface area contributed by atoms with Crippen LogP contribution in [0, 0.1) is 18.8 Å². The van der Waals surface area contributed by atoms with Crippen LogP contribution >= 0.6 is 0 Å². The molecule has 0 spiro atoms. The lowest BCUT2D eigenvalue weighted by Crippen LogP contribution is -2.46. The van der Waals surface area contributed by atoms with Crippen LogP contribution in [-0.2, 0) is 9.53 Å². The summed E-state index contributed by atoms with van der Waals surface area (Å²) < 4.78 is 33.8. The maximum atomic E-state index is 14.7. The molecule has 0 aromatic heterocycles. The van der Waals surface area contributed by atoms with E-state index in [1.54, 1.807) is 54.2 Å². The van der Waals surface area contributed by atoms with Gasteiger partial charge in [0.25, 0.3) is 5.91 Å². The Kier molecular flexibility index (Phi) is 9.26. The molecule has 2 aliphatic rings. The second-order valence-electron chi connectivity index (χ2n) is 11.2. The number of ether oxygens (including phenoxy) is 1. The number of carbonyl (C=O) groups excluding carboxylic acids is 2. The topological polar surface area (TPSA) is 53.1 Å². The van der Waals surface area contributed by atoms with Gasteiger partial charge < -0.3 is 19.4 Å². The van der Waals surface area contributed by atoms with Crippen LogP contribution in [-0.4, -0.2) is 75.1 Å². The van der Waals surface area contributed by atoms with Crippen LogP contribution in [0.2, 0.25) is 0 Å². The number of halogens is 2. The molecule has 2 heterocycles. The van der Waals surface area contributed by atoms with E-state index >= 15 is 0 Å². The molecule has 0 radical (unpaired) electrons. The minimum atomic E-state index is -3.57. The molecular weight excluding hydrogens is 500 g/mol. The highest BCUT2D eigenvalue weighted by molar-refractivity contribution is 5.95. The number of aryl methyl sites for hydroxylation is 1. The largest absolute Gasteiger partial charge is 0.372 e. The van der Waals surface area contributed by atoms with E-state index in [9.17, 15) is 18.4 Å². The predicted octanol–water partition coefficient (Wildman–Crippen LogP) is 5.56. The highest BCUT2D eigenvalue weighted by atomic mass is 19.3. The predicted molar refractivity (Wildman–Crippen MR) is 149 cm³/mol. The van der Waals surface area contributed by atoms with Crippen molar-refractivity contribution in [2.75, 3.05) is 52.3 Å². The Hall–Kier alpha value is -3.00. The van der Waals surface area contributed by atoms with Gasteiger partial charge in [0.05, 0.1) is 0 Å². The van der Waals surface area contributed by atoms with Gasteiger partial charge in [-0.15, -0.1) is 0 Å². The van der Waals surface area contributed by atoms with Gasteiger partial charge in [-0.3, -0.25) is 9.59 Å². The zero-order chi connectivity index (χ0) is 28.2. The van der Waals surface area contributed by atoms with Crippen LogP contribution in [0.5, 0.6) is 0 Å². The maximum Gasteiger partial charge on any atom is 0.371 e. The summed E-state index contributed by atoms with van der Waals surface area (Å²) in [5.74, 6) is -1.05. The maximum absolute atomic E-state index is 14.7. The van der Waals surface area contributed by atoms with E-state index < -0.39 is 17.9 Å². The van der Waals surface area contributed by atoms with Crippen LogP contribution in [0.15, 0.2) is 48.5 Å². The number of likely N-dealkylation sites (tertiary alicyclic amines) is 1. The average Bonchev–Trinajstić information content (AvgIpc) is 2.94. The van der Waals surface area contributed by atoms with E-state index in [1.165, 1.54) is 0 Å². The van der Waals surface area contributed by atoms with Gasteiger partial charge in [-0.2, -0.15) is 8.78 Å². The molecule has 212 valence electrons. The fourth-order valence-corrected chi connectivity index (χ4v) is 6.04. The summed E-state index contributed by atoms with van der Waals surface area (Å²) in [5.41, 5.74) is 3.17. The zero-order valence-electron chi connectivity index (χ0n) is 23.5. The lowest BCUT2D eigenvalue weighted by molar-refractivity contribution is -0.237. The van der Waals surface area contributed by atoms with Crippen LogP contribution in [0.3, 0.4) is 0 Å². The fraction of sp³-hybridized carbons (Fsp3) is 0.548. The smallest absolute Gasteiger partial charge is 0.371 e. The number of hydrogen-bond acceptors (Lipinski definition) is 4. The quantitative estimate of drug-likeness (QED) is 0.439. The zero-order valence-corrected chi connectivity index (χ0v) is 23.5. The Labute approximate surface area is 230 Å². The summed E-state index contributed by atoms with van der Waals surface area (Å²) in [4.78, 5) is 31.2. The third-order valence-electron chi connectivity index (χ3n) is 8.41. The van der Waals surface area contributed by atoms with Crippen LogP contribution in [0.1, 0.15) is 59.5 Å². The lowest BCUT2D eigenvalue weighted by atomic mass is 9.82. The number of nitrogens with zero attached hydrogens (tertiary/aromatic N) is 3. The van der Waals surface area contributed by atoms with Crippen molar-refractivity contribution in [3.63, 3.8) is 0 Å². The first-order chi connectivity index (χ1) is 18.6. The number of anilines is 1. The normalized spacial score (nSPS) is 18.2. The van der Waals surface area contributed by atoms with Gasteiger partial charge in [0, 0.05) is 58.6 Å². The van der Waals surface area contributed by atoms with Crippen molar-refractivity contribution in [3.8, 4) is 0 Å². The molecule has 6 nitrogen and oxygen atoms in total. The van der Waals surface area contributed by atoms with Crippen molar-refractivity contribution in [1.82, 2.24) is 9.80 Å². The molecular formula is C31H41F2N3O3. The van der Waals surface area contributed by atoms with Crippen molar-refractivity contribution in [2.45, 2.75) is 51.1 Å². The molecule has 2 saturated heterocycles. The van der Waals surface area contributed by atoms with Crippen LogP contribution < -0.4 is 4.90 Å². The SMILES string of the molecule is COC(F)(F)C(C(=O)N1CCC(CC2CCN(c3ccc(C(=O)N(C)C)c(C)c3)CC2)CC1)c1ccccc1. The number of amides is 2. The molecule has 2 fully saturated rings. The van der Waals surface area contributed by atoms with E-state index in [4.69, 9.17) is 0 Å². The Balaban J connectivity index is 1.28. The summed E-state index contributed by atoms with van der Waals surface area (Å²) >= 11 is 0. The standard InChI is InChI=1S/C31H41F2N3O3/c1-22-20-26(10-11-27(22)29(37)34(2)3)35-16-12-23(13-17-35)21-24-14-18-36(19-15-24)30(38)28(31(32,33)39-4)25-8-6-5-7-9-25/h5-11,20,23-24,28H,12-19,21H2,1-4H3. The molecule has 0 saturated carbocycles. The third-order valence-corrected chi connectivity index (χ3v) is 8.41. The van der Waals surface area contributed by atoms with Gasteiger partial charge in [-0.05, 0) is 80.2 Å². The van der Waals surface area contributed by atoms with E-state index in [0.717, 1.165) is 69.1 Å². The van der Waals surface area contributed by atoms with Gasteiger partial charge in [0.2, 0.25) is 5.91 Å². The van der Waals surface area contributed by atoms with Crippen molar-refractivity contribution >= 4 is 17.5 Å². The average molecular weight is 542 g/mol. The fourth-order valence-electron chi connectivity index (χ4n) is 6.04. The number of rotatable bonds is 8. The first kappa shape index (κ1) is 29.0. The second-order valence-corrected chi connectivity index (χ2v) is 11.2. The molecule has 2 aliphatic heterocycles. The summed E-state index contributed by atoms with van der Waals surface area (Å²) in [7, 11) is 4.48. The van der Waals surface area contributed by atoms with Crippen molar-refractivity contribution in [1.29, 1.82) is 0 Å². The Morgan fingerprint density at radius 2 is 1.56 bits per heavy atom. The first-order valence-corrected chi connectivity index (χ1v) is 13.9. The lowest BCUT2D eigenvalue weighted by Gasteiger charge is -2.39. The van der Waals surface area contributed by atoms with Gasteiger partial charge in [0.1, 0.15) is 0 Å². The summed E-state index contributed by atoms with van der Waals surface area (Å²) in [6.07, 6.45) is 1.43. The van der Waals surface area contributed by atoms with E-state index in [-0.39, 0.29) is 11.5 Å². The number of methoxy groups -OCH3 is 1. The number of piperidine rings is 2. The van der Waals surface area contributed by atoms with Crippen LogP contribution in [0.25, 0.3) is 0 Å². The van der Waals surface area contributed by atoms with Gasteiger partial charge >= 0.3 is 6.11 Å². The summed E-state index contributed by atoms with van der Waals surface area (Å²) in [6.45, 7) is 4.95.